The molecule has 15 heavy (non-hydrogen) atoms. The number of carboxylic acids is 1. The van der Waals surface area contributed by atoms with Gasteiger partial charge in [-0.15, -0.1) is 0 Å². The summed E-state index contributed by atoms with van der Waals surface area (Å²) in [5.41, 5.74) is 2.18. The number of ether oxygens (including phenoxy) is 1. The maximum atomic E-state index is 10.7. The zero-order valence-corrected chi connectivity index (χ0v) is 8.69. The molecule has 0 radical (unpaired) electrons. The number of carbonyl (C=O) groups is 1. The van der Waals surface area contributed by atoms with Crippen molar-refractivity contribution in [1.82, 2.24) is 0 Å². The van der Waals surface area contributed by atoms with Gasteiger partial charge in [0, 0.05) is 5.92 Å². The normalized spacial score (nSPS) is 19.1. The summed E-state index contributed by atoms with van der Waals surface area (Å²) < 4.78 is 5.52. The van der Waals surface area contributed by atoms with Crippen molar-refractivity contribution in [1.29, 1.82) is 0 Å². The van der Waals surface area contributed by atoms with E-state index >= 15 is 0 Å². The summed E-state index contributed by atoms with van der Waals surface area (Å²) >= 11 is 0. The largest absolute Gasteiger partial charge is 0.493 e. The summed E-state index contributed by atoms with van der Waals surface area (Å²) in [6.45, 7) is 2.62. The molecule has 1 unspecified atom stereocenters. The third-order valence-electron chi connectivity index (χ3n) is 2.75. The van der Waals surface area contributed by atoms with E-state index in [9.17, 15) is 4.79 Å². The van der Waals surface area contributed by atoms with Crippen molar-refractivity contribution >= 4 is 5.97 Å². The molecule has 0 fully saturated rings. The highest BCUT2D eigenvalue weighted by Gasteiger charge is 2.23. The molecule has 1 aromatic carbocycles. The average molecular weight is 206 g/mol. The number of carboxylic acid groups (broad SMARTS) is 1. The second-order valence-corrected chi connectivity index (χ2v) is 3.97. The van der Waals surface area contributed by atoms with Crippen LogP contribution in [-0.2, 0) is 4.79 Å². The van der Waals surface area contributed by atoms with Gasteiger partial charge in [0.15, 0.2) is 0 Å². The van der Waals surface area contributed by atoms with E-state index in [1.54, 1.807) is 0 Å². The van der Waals surface area contributed by atoms with Crippen LogP contribution in [0.5, 0.6) is 5.75 Å². The third kappa shape index (κ3) is 2.12. The Bertz CT molecular complexity index is 384. The van der Waals surface area contributed by atoms with Gasteiger partial charge < -0.3 is 9.84 Å². The van der Waals surface area contributed by atoms with Crippen LogP contribution in [0.25, 0.3) is 0 Å². The molecule has 80 valence electrons. The molecule has 3 nitrogen and oxygen atoms in total. The van der Waals surface area contributed by atoms with Crippen LogP contribution in [0, 0.1) is 6.92 Å². The quantitative estimate of drug-likeness (QED) is 0.807. The predicted molar refractivity (Wildman–Crippen MR) is 56.3 cm³/mol. The van der Waals surface area contributed by atoms with Crippen LogP contribution >= 0.6 is 0 Å². The molecule has 1 N–H and O–H groups in total. The number of hydrogen-bond acceptors (Lipinski definition) is 2. The summed E-state index contributed by atoms with van der Waals surface area (Å²) in [4.78, 5) is 10.7. The van der Waals surface area contributed by atoms with E-state index in [0.717, 1.165) is 23.3 Å². The molecule has 0 spiro atoms. The zero-order valence-electron chi connectivity index (χ0n) is 8.69. The molecule has 0 aromatic heterocycles. The van der Waals surface area contributed by atoms with E-state index in [2.05, 4.69) is 0 Å². The van der Waals surface area contributed by atoms with Gasteiger partial charge in [0.2, 0.25) is 0 Å². The van der Waals surface area contributed by atoms with Crippen LogP contribution in [0.4, 0.5) is 0 Å². The van der Waals surface area contributed by atoms with Gasteiger partial charge in [-0.3, -0.25) is 4.79 Å². The number of aliphatic carboxylic acids is 1. The smallest absolute Gasteiger partial charge is 0.303 e. The molecule has 0 bridgehead atoms. The minimum absolute atomic E-state index is 0.104. The van der Waals surface area contributed by atoms with Crippen LogP contribution in [0.2, 0.25) is 0 Å². The van der Waals surface area contributed by atoms with E-state index in [0.29, 0.717) is 6.61 Å². The van der Waals surface area contributed by atoms with Gasteiger partial charge in [-0.1, -0.05) is 12.1 Å². The Hall–Kier alpha value is -1.51. The van der Waals surface area contributed by atoms with Crippen LogP contribution < -0.4 is 4.74 Å². The topological polar surface area (TPSA) is 46.5 Å². The molecular formula is C12H14O3. The van der Waals surface area contributed by atoms with E-state index in [1.807, 2.05) is 25.1 Å². The van der Waals surface area contributed by atoms with Gasteiger partial charge >= 0.3 is 5.97 Å². The first-order valence-electron chi connectivity index (χ1n) is 5.12. The molecule has 1 aliphatic heterocycles. The first-order valence-corrected chi connectivity index (χ1v) is 5.12. The molecule has 1 atom stereocenters. The first-order chi connectivity index (χ1) is 7.16. The Morgan fingerprint density at radius 3 is 3.13 bits per heavy atom. The lowest BCUT2D eigenvalue weighted by molar-refractivity contribution is -0.137. The van der Waals surface area contributed by atoms with Gasteiger partial charge in [-0.05, 0) is 30.5 Å². The number of rotatable bonds is 2. The third-order valence-corrected chi connectivity index (χ3v) is 2.75. The molecule has 1 aromatic rings. The average Bonchev–Trinajstić information content (AvgIpc) is 2.16. The van der Waals surface area contributed by atoms with E-state index in [-0.39, 0.29) is 12.3 Å². The van der Waals surface area contributed by atoms with Gasteiger partial charge in [0.25, 0.3) is 0 Å². The van der Waals surface area contributed by atoms with Crippen molar-refractivity contribution in [3.8, 4) is 5.75 Å². The molecule has 0 amide bonds. The number of fused-ring (bicyclic) bond motifs is 1. The Kier molecular flexibility index (Phi) is 2.62. The lowest BCUT2D eigenvalue weighted by Crippen LogP contribution is -2.17. The van der Waals surface area contributed by atoms with Crippen LogP contribution in [0.3, 0.4) is 0 Å². The van der Waals surface area contributed by atoms with Crippen molar-refractivity contribution in [2.75, 3.05) is 6.61 Å². The second-order valence-electron chi connectivity index (χ2n) is 3.97. The Morgan fingerprint density at radius 2 is 2.40 bits per heavy atom. The Morgan fingerprint density at radius 1 is 1.60 bits per heavy atom. The zero-order chi connectivity index (χ0) is 10.8. The second kappa shape index (κ2) is 3.93. The van der Waals surface area contributed by atoms with E-state index in [1.165, 1.54) is 0 Å². The van der Waals surface area contributed by atoms with Gasteiger partial charge in [0.1, 0.15) is 5.75 Å². The number of benzene rings is 1. The van der Waals surface area contributed by atoms with Crippen molar-refractivity contribution in [3.05, 3.63) is 29.3 Å². The van der Waals surface area contributed by atoms with E-state index < -0.39 is 5.97 Å². The summed E-state index contributed by atoms with van der Waals surface area (Å²) in [6.07, 6.45) is 0.988. The molecule has 1 aliphatic rings. The van der Waals surface area contributed by atoms with Crippen LogP contribution in [0.1, 0.15) is 29.9 Å². The summed E-state index contributed by atoms with van der Waals surface area (Å²) in [7, 11) is 0. The highest BCUT2D eigenvalue weighted by Crippen LogP contribution is 2.36. The molecule has 1 heterocycles. The molecule has 2 rings (SSSR count). The minimum atomic E-state index is -0.742. The fourth-order valence-electron chi connectivity index (χ4n) is 1.99. The minimum Gasteiger partial charge on any atom is -0.493 e. The maximum absolute atomic E-state index is 10.7. The molecule has 0 saturated heterocycles. The van der Waals surface area contributed by atoms with Crippen molar-refractivity contribution < 1.29 is 14.6 Å². The monoisotopic (exact) mass is 206 g/mol. The maximum Gasteiger partial charge on any atom is 0.303 e. The Balaban J connectivity index is 2.30. The molecule has 3 heteroatoms. The highest BCUT2D eigenvalue weighted by atomic mass is 16.5. The summed E-state index contributed by atoms with van der Waals surface area (Å²) in [5, 5.41) is 8.81. The first kappa shape index (κ1) is 10.0. The number of aryl methyl sites for hydroxylation is 1. The van der Waals surface area contributed by atoms with Crippen molar-refractivity contribution in [2.24, 2.45) is 0 Å². The SMILES string of the molecule is Cc1ccc2c(c1)OCCC2CC(=O)O. The van der Waals surface area contributed by atoms with Gasteiger partial charge in [0.05, 0.1) is 13.0 Å². The molecule has 0 aliphatic carbocycles. The lowest BCUT2D eigenvalue weighted by atomic mass is 9.90. The molecule has 0 saturated carbocycles. The van der Waals surface area contributed by atoms with Gasteiger partial charge in [-0.25, -0.2) is 0 Å². The number of hydrogen-bond donors (Lipinski definition) is 1. The fourth-order valence-corrected chi connectivity index (χ4v) is 1.99. The van der Waals surface area contributed by atoms with Crippen molar-refractivity contribution in [3.63, 3.8) is 0 Å². The standard InChI is InChI=1S/C12H14O3/c1-8-2-3-10-9(7-12(13)14)4-5-15-11(10)6-8/h2-3,6,9H,4-5,7H2,1H3,(H,13,14). The van der Waals surface area contributed by atoms with Gasteiger partial charge in [-0.2, -0.15) is 0 Å². The van der Waals surface area contributed by atoms with Crippen molar-refractivity contribution in [2.45, 2.75) is 25.7 Å². The van der Waals surface area contributed by atoms with Crippen LogP contribution in [-0.4, -0.2) is 17.7 Å². The summed E-state index contributed by atoms with van der Waals surface area (Å²) in [6, 6.07) is 5.96. The molecular weight excluding hydrogens is 192 g/mol. The van der Waals surface area contributed by atoms with Crippen LogP contribution in [0.15, 0.2) is 18.2 Å². The fraction of sp³-hybridized carbons (Fsp3) is 0.417. The Labute approximate surface area is 88.7 Å². The predicted octanol–water partition coefficient (Wildman–Crippen LogP) is 2.34. The summed E-state index contributed by atoms with van der Waals surface area (Å²) in [5.74, 6) is 0.216. The lowest BCUT2D eigenvalue weighted by Gasteiger charge is -2.25. The highest BCUT2D eigenvalue weighted by molar-refractivity contribution is 5.68. The van der Waals surface area contributed by atoms with E-state index in [4.69, 9.17) is 9.84 Å².